The van der Waals surface area contributed by atoms with E-state index in [1.54, 1.807) is 11.3 Å². The normalized spacial score (nSPS) is 13.1. The van der Waals surface area contributed by atoms with E-state index in [2.05, 4.69) is 35.8 Å². The fourth-order valence-corrected chi connectivity index (χ4v) is 2.79. The van der Waals surface area contributed by atoms with Gasteiger partial charge in [0.05, 0.1) is 5.69 Å². The zero-order valence-electron chi connectivity index (χ0n) is 9.04. The third kappa shape index (κ3) is 3.59. The van der Waals surface area contributed by atoms with Crippen LogP contribution in [0.25, 0.3) is 0 Å². The molecule has 1 aromatic rings. The van der Waals surface area contributed by atoms with Crippen LogP contribution in [0.2, 0.25) is 0 Å². The summed E-state index contributed by atoms with van der Waals surface area (Å²) in [5, 5.41) is 6.84. The molecule has 1 rings (SSSR count). The fraction of sp³-hybridized carbons (Fsp3) is 0.700. The third-order valence-electron chi connectivity index (χ3n) is 1.98. The van der Waals surface area contributed by atoms with Crippen LogP contribution in [0.3, 0.4) is 0 Å². The molecule has 1 unspecified atom stereocenters. The van der Waals surface area contributed by atoms with Crippen LogP contribution < -0.4 is 5.32 Å². The average molecular weight is 230 g/mol. The molecule has 0 fully saturated rings. The second kappa shape index (κ2) is 6.43. The molecule has 0 saturated heterocycles. The average Bonchev–Trinajstić information content (AvgIpc) is 2.63. The Bertz CT molecular complexity index is 260. The van der Waals surface area contributed by atoms with Crippen LogP contribution in [0.4, 0.5) is 0 Å². The van der Waals surface area contributed by atoms with Crippen LogP contribution in [-0.4, -0.2) is 17.8 Å². The fourth-order valence-electron chi connectivity index (χ4n) is 1.18. The molecule has 0 amide bonds. The van der Waals surface area contributed by atoms with E-state index in [0.717, 1.165) is 12.3 Å². The number of aromatic nitrogens is 1. The highest BCUT2D eigenvalue weighted by molar-refractivity contribution is 7.97. The SMILES string of the molecule is CCCNC(C)c1csc(CSC)n1. The quantitative estimate of drug-likeness (QED) is 0.813. The van der Waals surface area contributed by atoms with Gasteiger partial charge in [-0.15, -0.1) is 11.3 Å². The lowest BCUT2D eigenvalue weighted by atomic mass is 10.2. The third-order valence-corrected chi connectivity index (χ3v) is 3.59. The van der Waals surface area contributed by atoms with Crippen LogP contribution in [0.5, 0.6) is 0 Å². The minimum atomic E-state index is 0.391. The zero-order chi connectivity index (χ0) is 10.4. The Hall–Kier alpha value is -0.0600. The van der Waals surface area contributed by atoms with Gasteiger partial charge in [-0.05, 0) is 26.1 Å². The molecule has 0 aromatic carbocycles. The summed E-state index contributed by atoms with van der Waals surface area (Å²) in [6.07, 6.45) is 3.28. The number of hydrogen-bond acceptors (Lipinski definition) is 4. The van der Waals surface area contributed by atoms with Crippen LogP contribution in [-0.2, 0) is 5.75 Å². The van der Waals surface area contributed by atoms with E-state index in [-0.39, 0.29) is 0 Å². The van der Waals surface area contributed by atoms with Gasteiger partial charge >= 0.3 is 0 Å². The second-order valence-corrected chi connectivity index (χ2v) is 5.08. The lowest BCUT2D eigenvalue weighted by molar-refractivity contribution is 0.560. The number of hydrogen-bond donors (Lipinski definition) is 1. The first-order valence-electron chi connectivity index (χ1n) is 4.94. The van der Waals surface area contributed by atoms with Gasteiger partial charge in [0.2, 0.25) is 0 Å². The molecule has 0 spiro atoms. The van der Waals surface area contributed by atoms with Crippen molar-refractivity contribution < 1.29 is 0 Å². The van der Waals surface area contributed by atoms with Gasteiger partial charge in [-0.1, -0.05) is 6.92 Å². The summed E-state index contributed by atoms with van der Waals surface area (Å²) in [6.45, 7) is 5.42. The summed E-state index contributed by atoms with van der Waals surface area (Å²) in [5.41, 5.74) is 1.19. The predicted molar refractivity (Wildman–Crippen MR) is 66.0 cm³/mol. The molecule has 1 atom stereocenters. The monoisotopic (exact) mass is 230 g/mol. The number of thiazole rings is 1. The van der Waals surface area contributed by atoms with Gasteiger partial charge in [-0.25, -0.2) is 4.98 Å². The van der Waals surface area contributed by atoms with Crippen molar-refractivity contribution in [3.05, 3.63) is 16.1 Å². The number of thioether (sulfide) groups is 1. The number of nitrogens with zero attached hydrogens (tertiary/aromatic N) is 1. The van der Waals surface area contributed by atoms with Crippen molar-refractivity contribution in [1.29, 1.82) is 0 Å². The first-order valence-corrected chi connectivity index (χ1v) is 7.22. The number of nitrogens with one attached hydrogen (secondary N) is 1. The molecule has 0 radical (unpaired) electrons. The summed E-state index contributed by atoms with van der Waals surface area (Å²) in [4.78, 5) is 4.59. The van der Waals surface area contributed by atoms with Crippen LogP contribution in [0.1, 0.15) is 37.0 Å². The highest BCUT2D eigenvalue weighted by atomic mass is 32.2. The van der Waals surface area contributed by atoms with Crippen LogP contribution in [0.15, 0.2) is 5.38 Å². The van der Waals surface area contributed by atoms with E-state index >= 15 is 0 Å². The summed E-state index contributed by atoms with van der Waals surface area (Å²) in [5.74, 6) is 1.03. The molecular weight excluding hydrogens is 212 g/mol. The smallest absolute Gasteiger partial charge is 0.103 e. The molecule has 0 saturated carbocycles. The van der Waals surface area contributed by atoms with Crippen LogP contribution in [0, 0.1) is 0 Å². The highest BCUT2D eigenvalue weighted by Gasteiger charge is 2.08. The second-order valence-electron chi connectivity index (χ2n) is 3.27. The van der Waals surface area contributed by atoms with Crippen molar-refractivity contribution in [3.63, 3.8) is 0 Å². The van der Waals surface area contributed by atoms with Gasteiger partial charge in [-0.3, -0.25) is 0 Å². The molecule has 4 heteroatoms. The van der Waals surface area contributed by atoms with E-state index in [1.807, 2.05) is 11.8 Å². The van der Waals surface area contributed by atoms with Crippen molar-refractivity contribution in [2.24, 2.45) is 0 Å². The molecule has 1 N–H and O–H groups in total. The minimum absolute atomic E-state index is 0.391. The van der Waals surface area contributed by atoms with Crippen molar-refractivity contribution in [3.8, 4) is 0 Å². The Kier molecular flexibility index (Phi) is 5.52. The maximum atomic E-state index is 4.59. The summed E-state index contributed by atoms with van der Waals surface area (Å²) in [7, 11) is 0. The Morgan fingerprint density at radius 2 is 2.43 bits per heavy atom. The van der Waals surface area contributed by atoms with Crippen molar-refractivity contribution in [1.82, 2.24) is 10.3 Å². The summed E-state index contributed by atoms with van der Waals surface area (Å²) >= 11 is 3.59. The highest BCUT2D eigenvalue weighted by Crippen LogP contribution is 2.19. The molecule has 0 aliphatic heterocycles. The van der Waals surface area contributed by atoms with E-state index in [1.165, 1.54) is 17.1 Å². The van der Waals surface area contributed by atoms with Crippen molar-refractivity contribution in [2.75, 3.05) is 12.8 Å². The van der Waals surface area contributed by atoms with E-state index < -0.39 is 0 Å². The lowest BCUT2D eigenvalue weighted by Crippen LogP contribution is -2.19. The molecule has 1 heterocycles. The van der Waals surface area contributed by atoms with E-state index in [0.29, 0.717) is 6.04 Å². The first kappa shape index (κ1) is 12.0. The van der Waals surface area contributed by atoms with Gasteiger partial charge in [0.15, 0.2) is 0 Å². The lowest BCUT2D eigenvalue weighted by Gasteiger charge is -2.09. The summed E-state index contributed by atoms with van der Waals surface area (Å²) < 4.78 is 0. The van der Waals surface area contributed by atoms with Gasteiger partial charge in [0.25, 0.3) is 0 Å². The standard InChI is InChI=1S/C10H18N2S2/c1-4-5-11-8(2)9-6-14-10(12-9)7-13-3/h6,8,11H,4-5,7H2,1-3H3. The zero-order valence-corrected chi connectivity index (χ0v) is 10.7. The molecule has 0 aliphatic carbocycles. The van der Waals surface area contributed by atoms with Gasteiger partial charge < -0.3 is 5.32 Å². The van der Waals surface area contributed by atoms with Gasteiger partial charge in [0.1, 0.15) is 5.01 Å². The molecule has 14 heavy (non-hydrogen) atoms. The summed E-state index contributed by atoms with van der Waals surface area (Å²) in [6, 6.07) is 0.391. The molecule has 80 valence electrons. The Balaban J connectivity index is 2.48. The molecule has 1 aromatic heterocycles. The van der Waals surface area contributed by atoms with Gasteiger partial charge in [-0.2, -0.15) is 11.8 Å². The van der Waals surface area contributed by atoms with Crippen molar-refractivity contribution in [2.45, 2.75) is 32.1 Å². The predicted octanol–water partition coefficient (Wildman–Crippen LogP) is 3.07. The topological polar surface area (TPSA) is 24.9 Å². The maximum absolute atomic E-state index is 4.59. The molecule has 2 nitrogen and oxygen atoms in total. The molecule has 0 aliphatic rings. The van der Waals surface area contributed by atoms with Crippen molar-refractivity contribution >= 4 is 23.1 Å². The Morgan fingerprint density at radius 3 is 3.07 bits per heavy atom. The van der Waals surface area contributed by atoms with E-state index in [9.17, 15) is 0 Å². The molecular formula is C10H18N2S2. The van der Waals surface area contributed by atoms with Gasteiger partial charge in [0, 0.05) is 17.2 Å². The Labute approximate surface area is 94.5 Å². The molecule has 0 bridgehead atoms. The van der Waals surface area contributed by atoms with Crippen LogP contribution >= 0.6 is 23.1 Å². The largest absolute Gasteiger partial charge is 0.309 e. The first-order chi connectivity index (χ1) is 6.77. The maximum Gasteiger partial charge on any atom is 0.103 e. The van der Waals surface area contributed by atoms with E-state index in [4.69, 9.17) is 0 Å². The number of rotatable bonds is 6. The Morgan fingerprint density at radius 1 is 1.64 bits per heavy atom. The minimum Gasteiger partial charge on any atom is -0.309 e.